The summed E-state index contributed by atoms with van der Waals surface area (Å²) >= 11 is 5.91. The van der Waals surface area contributed by atoms with Crippen molar-refractivity contribution in [3.05, 3.63) is 70.6 Å². The minimum atomic E-state index is -0.767. The van der Waals surface area contributed by atoms with E-state index in [0.717, 1.165) is 5.56 Å². The predicted octanol–water partition coefficient (Wildman–Crippen LogP) is 3.97. The van der Waals surface area contributed by atoms with Crippen molar-refractivity contribution in [1.29, 1.82) is 5.26 Å². The third-order valence-corrected chi connectivity index (χ3v) is 4.03. The van der Waals surface area contributed by atoms with Crippen molar-refractivity contribution in [3.8, 4) is 17.5 Å². The molecule has 7 nitrogen and oxygen atoms in total. The fourth-order valence-corrected chi connectivity index (χ4v) is 2.59. The van der Waals surface area contributed by atoms with E-state index in [1.807, 2.05) is 24.3 Å². The zero-order valence-corrected chi connectivity index (χ0v) is 15.5. The Balaban J connectivity index is 1.61. The van der Waals surface area contributed by atoms with Crippen LogP contribution in [0.5, 0.6) is 0 Å². The fraction of sp³-hybridized carbons (Fsp3) is 0.100. The molecule has 2 aromatic carbocycles. The van der Waals surface area contributed by atoms with Crippen molar-refractivity contribution in [2.45, 2.75) is 6.92 Å². The number of hydrogen-bond acceptors (Lipinski definition) is 6. The average Bonchev–Trinajstić information content (AvgIpc) is 3.09. The molecular weight excluding hydrogens is 382 g/mol. The van der Waals surface area contributed by atoms with Gasteiger partial charge in [-0.25, -0.2) is 9.78 Å². The molecule has 3 aromatic rings. The maximum atomic E-state index is 12.2. The Morgan fingerprint density at radius 2 is 2.00 bits per heavy atom. The third-order valence-electron chi connectivity index (χ3n) is 3.72. The second-order valence-corrected chi connectivity index (χ2v) is 6.13. The monoisotopic (exact) mass is 395 g/mol. The lowest BCUT2D eigenvalue weighted by atomic mass is 10.2. The summed E-state index contributed by atoms with van der Waals surface area (Å²) in [5, 5.41) is 11.6. The number of carbonyl (C=O) groups is 2. The fourth-order valence-electron chi connectivity index (χ4n) is 2.37. The Morgan fingerprint density at radius 3 is 2.68 bits per heavy atom. The van der Waals surface area contributed by atoms with Crippen LogP contribution in [0.1, 0.15) is 21.8 Å². The number of anilines is 1. The molecule has 0 saturated carbocycles. The molecule has 1 amide bonds. The summed E-state index contributed by atoms with van der Waals surface area (Å²) < 4.78 is 10.5. The third kappa shape index (κ3) is 4.37. The lowest BCUT2D eigenvalue weighted by Gasteiger charge is -2.06. The van der Waals surface area contributed by atoms with Crippen molar-refractivity contribution in [1.82, 2.24) is 4.98 Å². The summed E-state index contributed by atoms with van der Waals surface area (Å²) in [6.45, 7) is 1.08. The van der Waals surface area contributed by atoms with Crippen molar-refractivity contribution in [3.63, 3.8) is 0 Å². The minimum absolute atomic E-state index is 0.00747. The largest absolute Gasteiger partial charge is 0.451 e. The number of nitriles is 1. The number of rotatable bonds is 5. The number of carbonyl (C=O) groups excluding carboxylic acids is 2. The molecule has 0 aliphatic carbocycles. The highest BCUT2D eigenvalue weighted by Crippen LogP contribution is 2.22. The van der Waals surface area contributed by atoms with Gasteiger partial charge in [0.2, 0.25) is 5.89 Å². The Kier molecular flexibility index (Phi) is 5.72. The predicted molar refractivity (Wildman–Crippen MR) is 102 cm³/mol. The van der Waals surface area contributed by atoms with Crippen molar-refractivity contribution < 1.29 is 18.7 Å². The second kappa shape index (κ2) is 8.37. The molecule has 1 aromatic heterocycles. The maximum absolute atomic E-state index is 12.2. The van der Waals surface area contributed by atoms with E-state index in [0.29, 0.717) is 22.9 Å². The van der Waals surface area contributed by atoms with Gasteiger partial charge in [-0.3, -0.25) is 4.79 Å². The topological polar surface area (TPSA) is 105 Å². The smallest absolute Gasteiger partial charge is 0.361 e. The lowest BCUT2D eigenvalue weighted by molar-refractivity contribution is -0.119. The van der Waals surface area contributed by atoms with E-state index in [4.69, 9.17) is 26.0 Å². The molecule has 0 aliphatic heterocycles. The number of benzene rings is 2. The van der Waals surface area contributed by atoms with Crippen LogP contribution in [-0.4, -0.2) is 23.5 Å². The van der Waals surface area contributed by atoms with Gasteiger partial charge in [-0.2, -0.15) is 5.26 Å². The molecule has 28 heavy (non-hydrogen) atoms. The number of hydrogen-bond donors (Lipinski definition) is 1. The molecular formula is C20H14ClN3O4. The van der Waals surface area contributed by atoms with Gasteiger partial charge in [-0.1, -0.05) is 29.8 Å². The van der Waals surface area contributed by atoms with Crippen LogP contribution < -0.4 is 5.32 Å². The number of nitrogens with zero attached hydrogens (tertiary/aromatic N) is 2. The van der Waals surface area contributed by atoms with Crippen LogP contribution in [0.15, 0.2) is 52.9 Å². The first-order valence-electron chi connectivity index (χ1n) is 8.17. The highest BCUT2D eigenvalue weighted by atomic mass is 35.5. The van der Waals surface area contributed by atoms with Crippen molar-refractivity contribution in [2.24, 2.45) is 0 Å². The summed E-state index contributed by atoms with van der Waals surface area (Å²) in [5.41, 5.74) is 1.41. The van der Waals surface area contributed by atoms with Gasteiger partial charge >= 0.3 is 5.97 Å². The Morgan fingerprint density at radius 1 is 1.25 bits per heavy atom. The van der Waals surface area contributed by atoms with E-state index in [1.165, 1.54) is 18.2 Å². The number of nitrogens with one attached hydrogen (secondary N) is 1. The van der Waals surface area contributed by atoms with E-state index in [1.54, 1.807) is 19.1 Å². The lowest BCUT2D eigenvalue weighted by Crippen LogP contribution is -2.21. The number of halogens is 1. The average molecular weight is 396 g/mol. The Bertz CT molecular complexity index is 1070. The molecule has 0 radical (unpaired) electrons. The molecule has 1 N–H and O–H groups in total. The molecule has 0 saturated heterocycles. The molecule has 0 atom stereocenters. The highest BCUT2D eigenvalue weighted by Gasteiger charge is 2.20. The van der Waals surface area contributed by atoms with Crippen LogP contribution in [-0.2, 0) is 9.53 Å². The first-order chi connectivity index (χ1) is 13.5. The van der Waals surface area contributed by atoms with Crippen molar-refractivity contribution >= 4 is 29.2 Å². The first-order valence-corrected chi connectivity index (χ1v) is 8.55. The molecule has 8 heteroatoms. The molecule has 0 spiro atoms. The van der Waals surface area contributed by atoms with Gasteiger partial charge in [0.25, 0.3) is 5.91 Å². The van der Waals surface area contributed by atoms with E-state index in [-0.39, 0.29) is 10.7 Å². The number of esters is 1. The van der Waals surface area contributed by atoms with Gasteiger partial charge in [0.1, 0.15) is 11.8 Å². The summed E-state index contributed by atoms with van der Waals surface area (Å²) in [6, 6.07) is 15.5. The van der Waals surface area contributed by atoms with Crippen LogP contribution in [0.3, 0.4) is 0 Å². The van der Waals surface area contributed by atoms with Crippen LogP contribution in [0.2, 0.25) is 5.02 Å². The number of aromatic nitrogens is 1. The van der Waals surface area contributed by atoms with Crippen LogP contribution in [0.4, 0.5) is 5.69 Å². The van der Waals surface area contributed by atoms with Gasteiger partial charge in [0, 0.05) is 11.3 Å². The van der Waals surface area contributed by atoms with E-state index in [9.17, 15) is 9.59 Å². The van der Waals surface area contributed by atoms with E-state index < -0.39 is 18.5 Å². The van der Waals surface area contributed by atoms with Crippen LogP contribution in [0.25, 0.3) is 11.5 Å². The van der Waals surface area contributed by atoms with Crippen LogP contribution >= 0.6 is 11.6 Å². The quantitative estimate of drug-likeness (QED) is 0.655. The summed E-state index contributed by atoms with van der Waals surface area (Å²) in [7, 11) is 0. The standard InChI is InChI=1S/C20H14ClN3O4/c1-12-18(24-19(28-12)13-5-3-2-4-6-13)20(26)27-11-17(25)23-15-8-7-14(10-22)16(21)9-15/h2-9H,11H2,1H3,(H,23,25). The Labute approximate surface area is 165 Å². The first kappa shape index (κ1) is 19.1. The van der Waals surface area contributed by atoms with E-state index in [2.05, 4.69) is 10.3 Å². The van der Waals surface area contributed by atoms with Gasteiger partial charge < -0.3 is 14.5 Å². The number of ether oxygens (including phenoxy) is 1. The molecule has 0 bridgehead atoms. The van der Waals surface area contributed by atoms with E-state index >= 15 is 0 Å². The van der Waals surface area contributed by atoms with Gasteiger partial charge in [-0.15, -0.1) is 0 Å². The second-order valence-electron chi connectivity index (χ2n) is 5.72. The molecule has 0 fully saturated rings. The molecule has 3 rings (SSSR count). The number of amides is 1. The Hall–Kier alpha value is -3.63. The highest BCUT2D eigenvalue weighted by molar-refractivity contribution is 6.32. The SMILES string of the molecule is Cc1oc(-c2ccccc2)nc1C(=O)OCC(=O)Nc1ccc(C#N)c(Cl)c1. The molecule has 0 unspecified atom stereocenters. The zero-order chi connectivity index (χ0) is 20.1. The number of aryl methyl sites for hydroxylation is 1. The summed E-state index contributed by atoms with van der Waals surface area (Å²) in [6.07, 6.45) is 0. The molecule has 140 valence electrons. The van der Waals surface area contributed by atoms with Gasteiger partial charge in [0.15, 0.2) is 12.3 Å². The number of oxazole rings is 1. The zero-order valence-electron chi connectivity index (χ0n) is 14.7. The molecule has 1 heterocycles. The van der Waals surface area contributed by atoms with Crippen molar-refractivity contribution in [2.75, 3.05) is 11.9 Å². The summed E-state index contributed by atoms with van der Waals surface area (Å²) in [4.78, 5) is 28.4. The maximum Gasteiger partial charge on any atom is 0.361 e. The summed E-state index contributed by atoms with van der Waals surface area (Å²) in [5.74, 6) is -0.736. The normalized spacial score (nSPS) is 10.2. The van der Waals surface area contributed by atoms with Gasteiger partial charge in [-0.05, 0) is 37.3 Å². The van der Waals surface area contributed by atoms with Gasteiger partial charge in [0.05, 0.1) is 10.6 Å². The van der Waals surface area contributed by atoms with Crippen LogP contribution in [0, 0.1) is 18.3 Å². The molecule has 0 aliphatic rings. The minimum Gasteiger partial charge on any atom is -0.451 e.